The molecule has 2 aliphatic rings. The first-order chi connectivity index (χ1) is 13.3. The van der Waals surface area contributed by atoms with E-state index in [1.54, 1.807) is 11.0 Å². The molecule has 1 aromatic carbocycles. The number of anilines is 2. The molecule has 0 aliphatic carbocycles. The van der Waals surface area contributed by atoms with Gasteiger partial charge in [0.2, 0.25) is 5.91 Å². The number of benzene rings is 1. The average molecular weight is 410 g/mol. The van der Waals surface area contributed by atoms with Crippen LogP contribution < -0.4 is 9.80 Å². The lowest BCUT2D eigenvalue weighted by atomic mass is 9.78. The molecule has 0 N–H and O–H groups in total. The highest BCUT2D eigenvalue weighted by atomic mass is 35.5. The molecule has 3 heterocycles. The second-order valence-electron chi connectivity index (χ2n) is 7.37. The Morgan fingerprint density at radius 2 is 1.86 bits per heavy atom. The summed E-state index contributed by atoms with van der Waals surface area (Å²) in [6.45, 7) is 1.70. The second kappa shape index (κ2) is 6.95. The Kier molecular flexibility index (Phi) is 4.73. The molecule has 2 aromatic rings. The van der Waals surface area contributed by atoms with Crippen molar-refractivity contribution in [2.75, 3.05) is 29.4 Å². The van der Waals surface area contributed by atoms with E-state index in [0.717, 1.165) is 25.1 Å². The molecule has 8 heteroatoms. The summed E-state index contributed by atoms with van der Waals surface area (Å²) in [6.07, 6.45) is -1.34. The molecule has 0 radical (unpaired) electrons. The first-order valence-electron chi connectivity index (χ1n) is 9.15. The van der Waals surface area contributed by atoms with Gasteiger partial charge in [-0.1, -0.05) is 23.7 Å². The Balaban J connectivity index is 1.55. The summed E-state index contributed by atoms with van der Waals surface area (Å²) >= 11 is 6.27. The third-order valence-electron chi connectivity index (χ3n) is 5.63. The maximum absolute atomic E-state index is 13.3. The van der Waals surface area contributed by atoms with Gasteiger partial charge in [-0.05, 0) is 43.5 Å². The Labute approximate surface area is 165 Å². The number of halogens is 4. The third kappa shape index (κ3) is 3.32. The number of hydrogen-bond donors (Lipinski definition) is 0. The smallest absolute Gasteiger partial charge is 0.356 e. The van der Waals surface area contributed by atoms with E-state index in [1.807, 2.05) is 23.1 Å². The predicted octanol–water partition coefficient (Wildman–Crippen LogP) is 4.78. The van der Waals surface area contributed by atoms with Gasteiger partial charge in [0.15, 0.2) is 0 Å². The summed E-state index contributed by atoms with van der Waals surface area (Å²) in [6, 6.07) is 9.68. The number of carbonyl (C=O) groups is 1. The fourth-order valence-corrected chi connectivity index (χ4v) is 4.41. The zero-order chi connectivity index (χ0) is 19.9. The van der Waals surface area contributed by atoms with E-state index < -0.39 is 17.2 Å². The van der Waals surface area contributed by atoms with Gasteiger partial charge in [0.25, 0.3) is 0 Å². The van der Waals surface area contributed by atoms with Gasteiger partial charge in [0, 0.05) is 25.8 Å². The number of hydrogen-bond acceptors (Lipinski definition) is 3. The molecule has 148 valence electrons. The number of rotatable bonds is 2. The molecule has 28 heavy (non-hydrogen) atoms. The highest BCUT2D eigenvalue weighted by molar-refractivity contribution is 6.34. The van der Waals surface area contributed by atoms with E-state index >= 15 is 0 Å². The lowest BCUT2D eigenvalue weighted by Gasteiger charge is -2.39. The van der Waals surface area contributed by atoms with Crippen molar-refractivity contribution in [2.24, 2.45) is 5.41 Å². The lowest BCUT2D eigenvalue weighted by molar-refractivity contribution is -0.137. The molecule has 1 aromatic heterocycles. The summed E-state index contributed by atoms with van der Waals surface area (Å²) in [4.78, 5) is 20.9. The maximum atomic E-state index is 13.3. The zero-order valence-corrected chi connectivity index (χ0v) is 15.8. The van der Waals surface area contributed by atoms with Crippen LogP contribution in [-0.4, -0.2) is 30.5 Å². The van der Waals surface area contributed by atoms with Gasteiger partial charge in [0.1, 0.15) is 5.82 Å². The van der Waals surface area contributed by atoms with E-state index in [-0.39, 0.29) is 5.91 Å². The van der Waals surface area contributed by atoms with Gasteiger partial charge in [-0.3, -0.25) is 4.79 Å². The van der Waals surface area contributed by atoms with Crippen molar-refractivity contribution >= 4 is 29.0 Å². The van der Waals surface area contributed by atoms with Crippen molar-refractivity contribution in [2.45, 2.75) is 25.4 Å². The molecule has 1 amide bonds. The average Bonchev–Trinajstić information content (AvgIpc) is 2.97. The molecule has 2 saturated heterocycles. The number of alkyl halides is 3. The standard InChI is InChI=1S/C20H19ClF3N3O/c21-15-4-1-2-5-16(15)27-11-9-19(18(27)28)8-3-10-26(13-19)17-7-6-14(12-25-17)20(22,23)24/h1-2,4-7,12H,3,8-11,13H2. The number of amides is 1. The van der Waals surface area contributed by atoms with Crippen molar-refractivity contribution in [3.63, 3.8) is 0 Å². The summed E-state index contributed by atoms with van der Waals surface area (Å²) in [5.41, 5.74) is -0.623. The fraction of sp³-hybridized carbons (Fsp3) is 0.400. The summed E-state index contributed by atoms with van der Waals surface area (Å²) < 4.78 is 38.3. The molecule has 2 fully saturated rings. The number of carbonyl (C=O) groups excluding carboxylic acids is 1. The Morgan fingerprint density at radius 1 is 1.07 bits per heavy atom. The van der Waals surface area contributed by atoms with Gasteiger partial charge < -0.3 is 9.80 Å². The van der Waals surface area contributed by atoms with E-state index in [4.69, 9.17) is 11.6 Å². The van der Waals surface area contributed by atoms with Gasteiger partial charge in [0.05, 0.1) is 21.7 Å². The van der Waals surface area contributed by atoms with Crippen LogP contribution >= 0.6 is 11.6 Å². The van der Waals surface area contributed by atoms with Crippen molar-refractivity contribution < 1.29 is 18.0 Å². The number of nitrogens with zero attached hydrogens (tertiary/aromatic N) is 3. The predicted molar refractivity (Wildman–Crippen MR) is 102 cm³/mol. The maximum Gasteiger partial charge on any atom is 0.417 e. The first kappa shape index (κ1) is 19.1. The molecule has 4 nitrogen and oxygen atoms in total. The SMILES string of the molecule is O=C1N(c2ccccc2Cl)CCC12CCCN(c1ccc(C(F)(F)F)cn1)C2. The minimum absolute atomic E-state index is 0.0252. The van der Waals surface area contributed by atoms with Crippen LogP contribution in [0.3, 0.4) is 0 Å². The Morgan fingerprint density at radius 3 is 2.54 bits per heavy atom. The lowest BCUT2D eigenvalue weighted by Crippen LogP contribution is -2.48. The van der Waals surface area contributed by atoms with Crippen LogP contribution in [0.4, 0.5) is 24.7 Å². The van der Waals surface area contributed by atoms with E-state index in [9.17, 15) is 18.0 Å². The quantitative estimate of drug-likeness (QED) is 0.716. The van der Waals surface area contributed by atoms with Gasteiger partial charge in [-0.15, -0.1) is 0 Å². The van der Waals surface area contributed by atoms with Crippen LogP contribution in [0.2, 0.25) is 5.02 Å². The van der Waals surface area contributed by atoms with Gasteiger partial charge in [-0.2, -0.15) is 13.2 Å². The van der Waals surface area contributed by atoms with Gasteiger partial charge in [-0.25, -0.2) is 4.98 Å². The largest absolute Gasteiger partial charge is 0.417 e. The van der Waals surface area contributed by atoms with Crippen LogP contribution in [0.1, 0.15) is 24.8 Å². The van der Waals surface area contributed by atoms with E-state index in [2.05, 4.69) is 4.98 Å². The molecular formula is C20H19ClF3N3O. The summed E-state index contributed by atoms with van der Waals surface area (Å²) in [7, 11) is 0. The van der Waals surface area contributed by atoms with Crippen molar-refractivity contribution in [3.05, 3.63) is 53.2 Å². The van der Waals surface area contributed by atoms with Crippen LogP contribution in [0.25, 0.3) is 0 Å². The molecular weight excluding hydrogens is 391 g/mol. The number of para-hydroxylation sites is 1. The van der Waals surface area contributed by atoms with Crippen molar-refractivity contribution in [3.8, 4) is 0 Å². The molecule has 0 saturated carbocycles. The van der Waals surface area contributed by atoms with Crippen molar-refractivity contribution in [1.29, 1.82) is 0 Å². The topological polar surface area (TPSA) is 36.4 Å². The molecule has 0 bridgehead atoms. The monoisotopic (exact) mass is 409 g/mol. The van der Waals surface area contributed by atoms with Crippen molar-refractivity contribution in [1.82, 2.24) is 4.98 Å². The van der Waals surface area contributed by atoms with Crippen LogP contribution in [0.5, 0.6) is 0 Å². The highest BCUT2D eigenvalue weighted by Crippen LogP contribution is 2.44. The molecule has 1 atom stereocenters. The van der Waals surface area contributed by atoms with Crippen LogP contribution in [-0.2, 0) is 11.0 Å². The normalized spacial score (nSPS) is 22.9. The summed E-state index contributed by atoms with van der Waals surface area (Å²) in [5, 5.41) is 0.532. The first-order valence-corrected chi connectivity index (χ1v) is 9.53. The minimum atomic E-state index is -4.41. The Hall–Kier alpha value is -2.28. The number of pyridine rings is 1. The second-order valence-corrected chi connectivity index (χ2v) is 7.77. The number of piperidine rings is 1. The van der Waals surface area contributed by atoms with E-state index in [1.165, 1.54) is 6.07 Å². The van der Waals surface area contributed by atoms with Crippen LogP contribution in [0, 0.1) is 5.41 Å². The molecule has 2 aliphatic heterocycles. The zero-order valence-electron chi connectivity index (χ0n) is 15.0. The summed E-state index contributed by atoms with van der Waals surface area (Å²) in [5.74, 6) is 0.494. The Bertz CT molecular complexity index is 887. The molecule has 1 unspecified atom stereocenters. The molecule has 1 spiro atoms. The highest BCUT2D eigenvalue weighted by Gasteiger charge is 2.49. The minimum Gasteiger partial charge on any atom is -0.356 e. The van der Waals surface area contributed by atoms with E-state index in [0.29, 0.717) is 42.6 Å². The fourth-order valence-electron chi connectivity index (χ4n) is 4.17. The van der Waals surface area contributed by atoms with Gasteiger partial charge >= 0.3 is 6.18 Å². The third-order valence-corrected chi connectivity index (χ3v) is 5.95. The number of aromatic nitrogens is 1. The van der Waals surface area contributed by atoms with Crippen LogP contribution in [0.15, 0.2) is 42.6 Å². The molecule has 4 rings (SSSR count).